The van der Waals surface area contributed by atoms with Crippen LogP contribution in [0.1, 0.15) is 18.2 Å². The largest absolute Gasteiger partial charge is 0.364 e. The number of H-pyrrole nitrogens is 1. The van der Waals surface area contributed by atoms with Crippen LogP contribution < -0.4 is 5.32 Å². The van der Waals surface area contributed by atoms with E-state index in [0.717, 1.165) is 11.3 Å². The van der Waals surface area contributed by atoms with Crippen molar-refractivity contribution in [2.45, 2.75) is 26.2 Å². The molecule has 0 saturated carbocycles. The molecular formula is C14H17N3O2. The molecule has 19 heavy (non-hydrogen) atoms. The minimum Gasteiger partial charge on any atom is -0.364 e. The zero-order valence-corrected chi connectivity index (χ0v) is 10.8. The molecule has 0 saturated heterocycles. The number of rotatable bonds is 6. The number of aromatic nitrogens is 2. The lowest BCUT2D eigenvalue weighted by atomic mass is 10.2. The average Bonchev–Trinajstić information content (AvgIpc) is 2.96. The van der Waals surface area contributed by atoms with Gasteiger partial charge in [0.05, 0.1) is 18.8 Å². The second-order valence-corrected chi connectivity index (χ2v) is 4.24. The SMILES string of the molecule is CC(OCc1ccccc1)C(=O)NCc1ccn[nH]1. The fraction of sp³-hybridized carbons (Fsp3) is 0.286. The Bertz CT molecular complexity index is 497. The number of benzene rings is 1. The highest BCUT2D eigenvalue weighted by molar-refractivity contribution is 5.80. The first-order valence-corrected chi connectivity index (χ1v) is 6.17. The van der Waals surface area contributed by atoms with E-state index in [9.17, 15) is 4.79 Å². The van der Waals surface area contributed by atoms with Gasteiger partial charge in [-0.15, -0.1) is 0 Å². The van der Waals surface area contributed by atoms with Gasteiger partial charge in [-0.25, -0.2) is 0 Å². The van der Waals surface area contributed by atoms with Crippen molar-refractivity contribution in [3.63, 3.8) is 0 Å². The Kier molecular flexibility index (Phi) is 4.69. The van der Waals surface area contributed by atoms with Crippen LogP contribution in [0, 0.1) is 0 Å². The number of ether oxygens (including phenoxy) is 1. The van der Waals surface area contributed by atoms with Gasteiger partial charge in [0, 0.05) is 6.20 Å². The molecule has 0 radical (unpaired) electrons. The Balaban J connectivity index is 1.73. The van der Waals surface area contributed by atoms with E-state index >= 15 is 0 Å². The maximum atomic E-state index is 11.8. The van der Waals surface area contributed by atoms with Gasteiger partial charge in [-0.3, -0.25) is 9.89 Å². The van der Waals surface area contributed by atoms with Crippen LogP contribution in [-0.2, 0) is 22.7 Å². The number of nitrogens with one attached hydrogen (secondary N) is 2. The highest BCUT2D eigenvalue weighted by Gasteiger charge is 2.13. The number of carbonyl (C=O) groups excluding carboxylic acids is 1. The van der Waals surface area contributed by atoms with Gasteiger partial charge in [-0.2, -0.15) is 5.10 Å². The molecule has 1 aromatic heterocycles. The molecule has 1 unspecified atom stereocenters. The summed E-state index contributed by atoms with van der Waals surface area (Å²) >= 11 is 0. The molecule has 0 aliphatic rings. The lowest BCUT2D eigenvalue weighted by molar-refractivity contribution is -0.132. The van der Waals surface area contributed by atoms with Crippen LogP contribution >= 0.6 is 0 Å². The number of amides is 1. The van der Waals surface area contributed by atoms with E-state index in [1.54, 1.807) is 13.1 Å². The maximum absolute atomic E-state index is 11.8. The highest BCUT2D eigenvalue weighted by Crippen LogP contribution is 2.03. The van der Waals surface area contributed by atoms with Crippen molar-refractivity contribution in [1.29, 1.82) is 0 Å². The van der Waals surface area contributed by atoms with Crippen molar-refractivity contribution < 1.29 is 9.53 Å². The number of hydrogen-bond donors (Lipinski definition) is 2. The smallest absolute Gasteiger partial charge is 0.249 e. The lowest BCUT2D eigenvalue weighted by Gasteiger charge is -2.13. The van der Waals surface area contributed by atoms with Gasteiger partial charge < -0.3 is 10.1 Å². The topological polar surface area (TPSA) is 67.0 Å². The van der Waals surface area contributed by atoms with Gasteiger partial charge >= 0.3 is 0 Å². The number of carbonyl (C=O) groups is 1. The van der Waals surface area contributed by atoms with Crippen molar-refractivity contribution in [3.05, 3.63) is 53.9 Å². The molecule has 5 heteroatoms. The van der Waals surface area contributed by atoms with Crippen molar-refractivity contribution in [3.8, 4) is 0 Å². The molecule has 0 bridgehead atoms. The maximum Gasteiger partial charge on any atom is 0.249 e. The summed E-state index contributed by atoms with van der Waals surface area (Å²) in [7, 11) is 0. The highest BCUT2D eigenvalue weighted by atomic mass is 16.5. The fourth-order valence-electron chi connectivity index (χ4n) is 1.58. The molecular weight excluding hydrogens is 242 g/mol. The van der Waals surface area contributed by atoms with Crippen molar-refractivity contribution in [2.24, 2.45) is 0 Å². The molecule has 0 aliphatic heterocycles. The summed E-state index contributed by atoms with van der Waals surface area (Å²) in [4.78, 5) is 11.8. The zero-order valence-electron chi connectivity index (χ0n) is 10.8. The number of nitrogens with zero attached hydrogens (tertiary/aromatic N) is 1. The summed E-state index contributed by atoms with van der Waals surface area (Å²) < 4.78 is 5.52. The summed E-state index contributed by atoms with van der Waals surface area (Å²) in [6.45, 7) is 2.60. The van der Waals surface area contributed by atoms with Crippen LogP contribution in [-0.4, -0.2) is 22.2 Å². The third kappa shape index (κ3) is 4.22. The van der Waals surface area contributed by atoms with Crippen molar-refractivity contribution in [1.82, 2.24) is 15.5 Å². The zero-order chi connectivity index (χ0) is 13.5. The first kappa shape index (κ1) is 13.3. The average molecular weight is 259 g/mol. The van der Waals surface area contributed by atoms with E-state index in [2.05, 4.69) is 15.5 Å². The molecule has 2 rings (SSSR count). The first-order chi connectivity index (χ1) is 9.25. The lowest BCUT2D eigenvalue weighted by Crippen LogP contribution is -2.34. The minimum absolute atomic E-state index is 0.134. The van der Waals surface area contributed by atoms with Crippen LogP contribution in [0.4, 0.5) is 0 Å². The molecule has 0 aliphatic carbocycles. The van der Waals surface area contributed by atoms with Gasteiger partial charge in [-0.1, -0.05) is 30.3 Å². The van der Waals surface area contributed by atoms with Crippen LogP contribution in [0.2, 0.25) is 0 Å². The second kappa shape index (κ2) is 6.70. The predicted octanol–water partition coefficient (Wildman–Crippen LogP) is 1.63. The Morgan fingerprint density at radius 3 is 2.84 bits per heavy atom. The Hall–Kier alpha value is -2.14. The van der Waals surface area contributed by atoms with Gasteiger partial charge in [-0.05, 0) is 18.6 Å². The quantitative estimate of drug-likeness (QED) is 0.828. The van der Waals surface area contributed by atoms with E-state index in [0.29, 0.717) is 13.2 Å². The molecule has 5 nitrogen and oxygen atoms in total. The van der Waals surface area contributed by atoms with Crippen LogP contribution in [0.25, 0.3) is 0 Å². The first-order valence-electron chi connectivity index (χ1n) is 6.17. The van der Waals surface area contributed by atoms with Gasteiger partial charge in [0.1, 0.15) is 6.10 Å². The Morgan fingerprint density at radius 2 is 2.16 bits per heavy atom. The molecule has 0 fully saturated rings. The van der Waals surface area contributed by atoms with Crippen molar-refractivity contribution >= 4 is 5.91 Å². The monoisotopic (exact) mass is 259 g/mol. The summed E-state index contributed by atoms with van der Waals surface area (Å²) in [5.41, 5.74) is 1.92. The van der Waals surface area contributed by atoms with E-state index in [4.69, 9.17) is 4.74 Å². The molecule has 2 aromatic rings. The number of hydrogen-bond acceptors (Lipinski definition) is 3. The summed E-state index contributed by atoms with van der Waals surface area (Å²) in [6.07, 6.45) is 1.17. The van der Waals surface area contributed by atoms with Crippen LogP contribution in [0.15, 0.2) is 42.6 Å². The summed E-state index contributed by atoms with van der Waals surface area (Å²) in [6, 6.07) is 11.6. The third-order valence-electron chi connectivity index (χ3n) is 2.72. The molecule has 1 amide bonds. The minimum atomic E-state index is -0.483. The van der Waals surface area contributed by atoms with Gasteiger partial charge in [0.2, 0.25) is 5.91 Å². The summed E-state index contributed by atoms with van der Waals surface area (Å²) in [5.74, 6) is -0.134. The third-order valence-corrected chi connectivity index (χ3v) is 2.72. The normalized spacial score (nSPS) is 12.1. The van der Waals surface area contributed by atoms with E-state index in [1.807, 2.05) is 36.4 Å². The summed E-state index contributed by atoms with van der Waals surface area (Å²) in [5, 5.41) is 9.38. The molecule has 0 spiro atoms. The van der Waals surface area contributed by atoms with E-state index in [1.165, 1.54) is 0 Å². The van der Waals surface area contributed by atoms with Gasteiger partial charge in [0.25, 0.3) is 0 Å². The predicted molar refractivity (Wildman–Crippen MR) is 71.1 cm³/mol. The van der Waals surface area contributed by atoms with E-state index < -0.39 is 6.10 Å². The molecule has 2 N–H and O–H groups in total. The van der Waals surface area contributed by atoms with Gasteiger partial charge in [0.15, 0.2) is 0 Å². The van der Waals surface area contributed by atoms with Crippen LogP contribution in [0.5, 0.6) is 0 Å². The Labute approximate surface area is 112 Å². The molecule has 1 atom stereocenters. The van der Waals surface area contributed by atoms with E-state index in [-0.39, 0.29) is 5.91 Å². The fourth-order valence-corrected chi connectivity index (χ4v) is 1.58. The molecule has 1 aromatic carbocycles. The second-order valence-electron chi connectivity index (χ2n) is 4.24. The van der Waals surface area contributed by atoms with Crippen molar-refractivity contribution in [2.75, 3.05) is 0 Å². The molecule has 1 heterocycles. The standard InChI is InChI=1S/C14H17N3O2/c1-11(19-10-12-5-3-2-4-6-12)14(18)15-9-13-7-8-16-17-13/h2-8,11H,9-10H2,1H3,(H,15,18)(H,16,17). The van der Waals surface area contributed by atoms with Crippen LogP contribution in [0.3, 0.4) is 0 Å². The number of aromatic amines is 1. The Morgan fingerprint density at radius 1 is 1.37 bits per heavy atom. The molecule has 100 valence electrons.